The molecule has 0 radical (unpaired) electrons. The summed E-state index contributed by atoms with van der Waals surface area (Å²) in [5, 5.41) is 7.77. The first-order valence-electron chi connectivity index (χ1n) is 6.44. The fourth-order valence-electron chi connectivity index (χ4n) is 2.09. The Labute approximate surface area is 125 Å². The second-order valence-electron chi connectivity index (χ2n) is 4.82. The summed E-state index contributed by atoms with van der Waals surface area (Å²) in [6.07, 6.45) is 0. The van der Waals surface area contributed by atoms with Crippen molar-refractivity contribution in [3.05, 3.63) is 32.3 Å². The van der Waals surface area contributed by atoms with E-state index in [1.165, 1.54) is 10.4 Å². The van der Waals surface area contributed by atoms with E-state index in [0.717, 1.165) is 32.6 Å². The molecule has 6 heteroatoms. The topological polar surface area (TPSA) is 50.7 Å². The second-order valence-corrected chi connectivity index (χ2v) is 6.97. The maximum Gasteiger partial charge on any atom is 0.139 e. The number of hydrogen-bond acceptors (Lipinski definition) is 6. The average Bonchev–Trinajstić information content (AvgIpc) is 2.91. The van der Waals surface area contributed by atoms with Crippen LogP contribution >= 0.6 is 22.7 Å². The minimum atomic E-state index is 0.709. The van der Waals surface area contributed by atoms with E-state index >= 15 is 0 Å². The van der Waals surface area contributed by atoms with Crippen molar-refractivity contribution in [3.63, 3.8) is 0 Å². The number of hydrogen-bond donors (Lipinski definition) is 1. The quantitative estimate of drug-likeness (QED) is 0.795. The van der Waals surface area contributed by atoms with E-state index in [-0.39, 0.29) is 0 Å². The number of aromatic nitrogens is 3. The Bertz CT molecular complexity index is 753. The van der Waals surface area contributed by atoms with Gasteiger partial charge in [0.15, 0.2) is 0 Å². The molecule has 0 aromatic carbocycles. The number of rotatable bonds is 3. The minimum absolute atomic E-state index is 0.709. The molecule has 0 bridgehead atoms. The van der Waals surface area contributed by atoms with Gasteiger partial charge in [-0.2, -0.15) is 0 Å². The molecule has 0 aliphatic rings. The van der Waals surface area contributed by atoms with Crippen molar-refractivity contribution in [2.45, 2.75) is 34.2 Å². The third kappa shape index (κ3) is 2.41. The second kappa shape index (κ2) is 5.10. The Morgan fingerprint density at radius 2 is 1.90 bits per heavy atom. The molecule has 3 aromatic heterocycles. The van der Waals surface area contributed by atoms with E-state index in [9.17, 15) is 0 Å². The molecule has 0 saturated carbocycles. The predicted octanol–water partition coefficient (Wildman–Crippen LogP) is 3.99. The summed E-state index contributed by atoms with van der Waals surface area (Å²) in [4.78, 5) is 15.9. The van der Waals surface area contributed by atoms with Crippen LogP contribution < -0.4 is 5.32 Å². The van der Waals surface area contributed by atoms with Crippen LogP contribution in [0.25, 0.3) is 10.2 Å². The van der Waals surface area contributed by atoms with Crippen molar-refractivity contribution < 1.29 is 0 Å². The van der Waals surface area contributed by atoms with Gasteiger partial charge in [-0.05, 0) is 38.6 Å². The highest BCUT2D eigenvalue weighted by atomic mass is 32.1. The number of nitrogens with one attached hydrogen (secondary N) is 1. The molecular weight excluding hydrogens is 288 g/mol. The normalized spacial score (nSPS) is 11.2. The molecular formula is C14H16N4S2. The van der Waals surface area contributed by atoms with Gasteiger partial charge in [-0.25, -0.2) is 15.0 Å². The number of thiazole rings is 1. The monoisotopic (exact) mass is 304 g/mol. The van der Waals surface area contributed by atoms with Gasteiger partial charge >= 0.3 is 0 Å². The summed E-state index contributed by atoms with van der Waals surface area (Å²) in [5.74, 6) is 1.71. The van der Waals surface area contributed by atoms with Gasteiger partial charge in [-0.1, -0.05) is 0 Å². The van der Waals surface area contributed by atoms with Crippen LogP contribution in [0.5, 0.6) is 0 Å². The molecule has 3 aromatic rings. The van der Waals surface area contributed by atoms with Crippen LogP contribution in [0.15, 0.2) is 5.38 Å². The maximum absolute atomic E-state index is 4.55. The van der Waals surface area contributed by atoms with Crippen LogP contribution in [0.3, 0.4) is 0 Å². The molecule has 0 spiro atoms. The van der Waals surface area contributed by atoms with Crippen LogP contribution in [0.4, 0.5) is 5.82 Å². The zero-order valence-electron chi connectivity index (χ0n) is 11.9. The summed E-state index contributed by atoms with van der Waals surface area (Å²) in [7, 11) is 0. The highest BCUT2D eigenvalue weighted by Crippen LogP contribution is 2.29. The maximum atomic E-state index is 4.55. The summed E-state index contributed by atoms with van der Waals surface area (Å²) in [6.45, 7) is 8.88. The van der Waals surface area contributed by atoms with Crippen LogP contribution in [-0.2, 0) is 6.54 Å². The van der Waals surface area contributed by atoms with Gasteiger partial charge in [-0.3, -0.25) is 0 Å². The summed E-state index contributed by atoms with van der Waals surface area (Å²) < 4.78 is 0. The fraction of sp³-hybridized carbons (Fsp3) is 0.357. The van der Waals surface area contributed by atoms with Crippen LogP contribution in [0.1, 0.15) is 27.0 Å². The first-order chi connectivity index (χ1) is 9.54. The number of thiophene rings is 1. The molecule has 0 fully saturated rings. The molecule has 0 atom stereocenters. The molecule has 1 N–H and O–H groups in total. The van der Waals surface area contributed by atoms with Gasteiger partial charge in [0.1, 0.15) is 21.5 Å². The van der Waals surface area contributed by atoms with Crippen LogP contribution in [0, 0.1) is 27.7 Å². The van der Waals surface area contributed by atoms with E-state index < -0.39 is 0 Å². The van der Waals surface area contributed by atoms with E-state index in [1.807, 2.05) is 13.8 Å². The molecule has 0 aliphatic carbocycles. The highest BCUT2D eigenvalue weighted by molar-refractivity contribution is 7.17. The van der Waals surface area contributed by atoms with Crippen molar-refractivity contribution >= 4 is 38.7 Å². The summed E-state index contributed by atoms with van der Waals surface area (Å²) in [5.41, 5.74) is 2.33. The Morgan fingerprint density at radius 1 is 1.10 bits per heavy atom. The molecule has 0 amide bonds. The lowest BCUT2D eigenvalue weighted by Gasteiger charge is -2.06. The van der Waals surface area contributed by atoms with Gasteiger partial charge < -0.3 is 5.32 Å². The summed E-state index contributed by atoms with van der Waals surface area (Å²) in [6, 6.07) is 0. The molecule has 0 aliphatic heterocycles. The molecule has 4 nitrogen and oxygen atoms in total. The average molecular weight is 304 g/mol. The van der Waals surface area contributed by atoms with Gasteiger partial charge in [0, 0.05) is 4.88 Å². The van der Waals surface area contributed by atoms with Crippen molar-refractivity contribution in [3.8, 4) is 0 Å². The molecule has 20 heavy (non-hydrogen) atoms. The lowest BCUT2D eigenvalue weighted by molar-refractivity contribution is 1.03. The van der Waals surface area contributed by atoms with Gasteiger partial charge in [-0.15, -0.1) is 22.7 Å². The number of nitrogens with zero attached hydrogens (tertiary/aromatic N) is 3. The van der Waals surface area contributed by atoms with Gasteiger partial charge in [0.2, 0.25) is 0 Å². The number of fused-ring (bicyclic) bond motifs is 1. The molecule has 104 valence electrons. The van der Waals surface area contributed by atoms with Crippen molar-refractivity contribution in [1.29, 1.82) is 0 Å². The smallest absolute Gasteiger partial charge is 0.139 e. The third-order valence-electron chi connectivity index (χ3n) is 3.21. The van der Waals surface area contributed by atoms with Crippen molar-refractivity contribution in [2.24, 2.45) is 0 Å². The lowest BCUT2D eigenvalue weighted by Crippen LogP contribution is -2.03. The number of aryl methyl sites for hydroxylation is 4. The molecule has 0 unspecified atom stereocenters. The molecule has 3 rings (SSSR count). The Balaban J connectivity index is 1.92. The van der Waals surface area contributed by atoms with Crippen molar-refractivity contribution in [2.75, 3.05) is 5.32 Å². The largest absolute Gasteiger partial charge is 0.363 e. The van der Waals surface area contributed by atoms with Crippen LogP contribution in [-0.4, -0.2) is 15.0 Å². The minimum Gasteiger partial charge on any atom is -0.363 e. The molecule has 0 saturated heterocycles. The van der Waals surface area contributed by atoms with E-state index in [2.05, 4.69) is 39.5 Å². The Kier molecular flexibility index (Phi) is 3.43. The van der Waals surface area contributed by atoms with Gasteiger partial charge in [0.05, 0.1) is 17.6 Å². The highest BCUT2D eigenvalue weighted by Gasteiger charge is 2.11. The van der Waals surface area contributed by atoms with E-state index in [0.29, 0.717) is 6.54 Å². The number of anilines is 1. The SMILES string of the molecule is Cc1nc(NCc2nc(C)c(C)s2)c2c(C)csc2n1. The lowest BCUT2D eigenvalue weighted by atomic mass is 10.2. The molecule has 3 heterocycles. The Hall–Kier alpha value is -1.53. The van der Waals surface area contributed by atoms with E-state index in [4.69, 9.17) is 0 Å². The predicted molar refractivity (Wildman–Crippen MR) is 85.8 cm³/mol. The fourth-order valence-corrected chi connectivity index (χ4v) is 3.93. The first-order valence-corrected chi connectivity index (χ1v) is 8.13. The van der Waals surface area contributed by atoms with Crippen molar-refractivity contribution in [1.82, 2.24) is 15.0 Å². The van der Waals surface area contributed by atoms with Gasteiger partial charge in [0.25, 0.3) is 0 Å². The Morgan fingerprint density at radius 3 is 2.60 bits per heavy atom. The van der Waals surface area contributed by atoms with E-state index in [1.54, 1.807) is 22.7 Å². The zero-order chi connectivity index (χ0) is 14.3. The zero-order valence-corrected chi connectivity index (χ0v) is 13.6. The summed E-state index contributed by atoms with van der Waals surface area (Å²) >= 11 is 3.40. The third-order valence-corrected chi connectivity index (χ3v) is 5.27. The standard InChI is InChI=1S/C14H16N4S2/c1-7-6-19-14-12(7)13(17-10(4)18-14)15-5-11-16-8(2)9(3)20-11/h6H,5H2,1-4H3,(H,15,17,18). The first kappa shape index (κ1) is 13.5. The van der Waals surface area contributed by atoms with Crippen LogP contribution in [0.2, 0.25) is 0 Å².